The molecule has 67 heavy (non-hydrogen) atoms. The molecule has 0 radical (unpaired) electrons. The molecule has 13 heteroatoms. The van der Waals surface area contributed by atoms with Gasteiger partial charge in [-0.2, -0.15) is 0 Å². The van der Waals surface area contributed by atoms with Gasteiger partial charge in [-0.15, -0.1) is 0 Å². The Bertz CT molecular complexity index is 2290. The van der Waals surface area contributed by atoms with Gasteiger partial charge in [-0.25, -0.2) is 0 Å². The van der Waals surface area contributed by atoms with Crippen LogP contribution in [0.25, 0.3) is 0 Å². The third-order valence-electron chi connectivity index (χ3n) is 19.8. The smallest absolute Gasteiger partial charge is 0.303 e. The molecule has 360 valence electrons. The number of aliphatic hydroxyl groups excluding tert-OH is 1. The van der Waals surface area contributed by atoms with Crippen LogP contribution in [0.1, 0.15) is 112 Å². The van der Waals surface area contributed by atoms with E-state index in [1.54, 1.807) is 61.2 Å². The number of rotatable bonds is 7. The quantitative estimate of drug-likeness (QED) is 0.234. The number of hydrogen-bond donors (Lipinski definition) is 3. The Morgan fingerprint density at radius 3 is 1.58 bits per heavy atom. The number of pyridine rings is 2. The highest BCUT2D eigenvalue weighted by molar-refractivity contribution is 5.96. The average Bonchev–Trinajstić information content (AvgIpc) is 3.85. The minimum atomic E-state index is -1.01. The summed E-state index contributed by atoms with van der Waals surface area (Å²) in [5.74, 6) is 2.35. The van der Waals surface area contributed by atoms with Crippen molar-refractivity contribution in [3.05, 3.63) is 73.4 Å². The number of ether oxygens (including phenoxy) is 1. The summed E-state index contributed by atoms with van der Waals surface area (Å²) in [4.78, 5) is 74.9. The van der Waals surface area contributed by atoms with Crippen molar-refractivity contribution < 1.29 is 33.8 Å². The molecule has 3 N–H and O–H groups in total. The van der Waals surface area contributed by atoms with Crippen LogP contribution in [0.5, 0.6) is 0 Å². The SMILES string of the molecule is CC(=O)OC(C(=O)Nc1cccnc1)[C@H]1CC[C@H]2C3CC[C@H]4N(C)C(=O)C=C[C@]4(C)C3CC[C@]12C.CN1C(=O)C=C[C@]2(C)C3CC[C@]4(C)[C@@H](C(O)C(=O)Nc5cccnc5)CC[C@H]4C3CC[C@@H]12. The fraction of sp³-hybridized carbons (Fsp3) is 0.648. The summed E-state index contributed by atoms with van der Waals surface area (Å²) in [5.41, 5.74) is 1.12. The van der Waals surface area contributed by atoms with Crippen molar-refractivity contribution >= 4 is 41.0 Å². The lowest BCUT2D eigenvalue weighted by Crippen LogP contribution is -2.60. The molecule has 13 nitrogen and oxygen atoms in total. The van der Waals surface area contributed by atoms with Crippen LogP contribution in [0.3, 0.4) is 0 Å². The third-order valence-corrected chi connectivity index (χ3v) is 19.8. The molecule has 2 aliphatic heterocycles. The van der Waals surface area contributed by atoms with Gasteiger partial charge < -0.3 is 30.3 Å². The Hall–Kier alpha value is -4.91. The highest BCUT2D eigenvalue weighted by Crippen LogP contribution is 2.68. The standard InChI is InChI=1S/C28H37N3O4.C26H35N3O3/c1-17(32)35-25(26(34)30-18-6-5-15-29-16-18)22-9-8-20-19-7-10-23-28(3,14-12-24(33)31(23)4)21(19)11-13-27(20,22)2;1-25-12-10-19-17(6-9-21-26(19,2)13-11-22(30)29(21)3)18(25)7-8-20(25)23(31)24(32)28-16-5-4-14-27-15-16/h5-6,12,14-16,19-23,25H,7-11,13H2,1-4H3,(H,30,34);4-5,11,13-15,17-21,23,31H,6-10,12H2,1-3H3,(H,28,32)/t19?,20-,21?,22+,23+,25?,27-,28+;17?,18-,19?,20+,21+,23?,25-,26+/m00/s1. The molecule has 2 aromatic heterocycles. The molecule has 2 aromatic rings. The van der Waals surface area contributed by atoms with E-state index < -0.39 is 18.2 Å². The number of aromatic nitrogens is 2. The van der Waals surface area contributed by atoms with Gasteiger partial charge in [0.15, 0.2) is 6.10 Å². The zero-order valence-electron chi connectivity index (χ0n) is 40.5. The van der Waals surface area contributed by atoms with Crippen molar-refractivity contribution in [1.82, 2.24) is 19.8 Å². The topological polar surface area (TPSA) is 171 Å². The molecular weight excluding hydrogens is 845 g/mol. The summed E-state index contributed by atoms with van der Waals surface area (Å²) < 4.78 is 5.72. The van der Waals surface area contributed by atoms with E-state index in [9.17, 15) is 29.1 Å². The first-order valence-corrected chi connectivity index (χ1v) is 25.1. The maximum Gasteiger partial charge on any atom is 0.303 e. The number of likely N-dealkylation sites (N-methyl/N-ethyl adjacent to an activating group) is 2. The van der Waals surface area contributed by atoms with E-state index in [4.69, 9.17) is 4.74 Å². The van der Waals surface area contributed by atoms with Crippen molar-refractivity contribution in [3.8, 4) is 0 Å². The van der Waals surface area contributed by atoms with E-state index in [1.807, 2.05) is 23.9 Å². The first kappa shape index (κ1) is 47.2. The normalized spacial score (nSPS) is 40.0. The number of amides is 4. The number of nitrogens with one attached hydrogen (secondary N) is 2. The molecule has 0 aromatic carbocycles. The van der Waals surface area contributed by atoms with E-state index in [0.717, 1.165) is 77.0 Å². The van der Waals surface area contributed by atoms with Crippen molar-refractivity contribution in [1.29, 1.82) is 0 Å². The second-order valence-corrected chi connectivity index (χ2v) is 22.6. The van der Waals surface area contributed by atoms with Gasteiger partial charge in [-0.1, -0.05) is 39.8 Å². The molecule has 6 saturated carbocycles. The van der Waals surface area contributed by atoms with E-state index in [0.29, 0.717) is 46.9 Å². The Balaban J connectivity index is 0.000000169. The first-order valence-electron chi connectivity index (χ1n) is 25.1. The van der Waals surface area contributed by atoms with Crippen LogP contribution in [0.4, 0.5) is 11.4 Å². The summed E-state index contributed by atoms with van der Waals surface area (Å²) >= 11 is 0. The molecule has 4 heterocycles. The van der Waals surface area contributed by atoms with Crippen molar-refractivity contribution in [2.45, 2.75) is 136 Å². The van der Waals surface area contributed by atoms with Gasteiger partial charge in [0.25, 0.3) is 11.8 Å². The molecule has 0 spiro atoms. The predicted molar refractivity (Wildman–Crippen MR) is 254 cm³/mol. The number of hydrogen-bond acceptors (Lipinski definition) is 9. The molecule has 16 atom stereocenters. The molecule has 6 aliphatic carbocycles. The zero-order chi connectivity index (χ0) is 47.6. The average molecular weight is 917 g/mol. The van der Waals surface area contributed by atoms with Crippen LogP contribution < -0.4 is 10.6 Å². The van der Waals surface area contributed by atoms with Crippen molar-refractivity contribution in [2.75, 3.05) is 24.7 Å². The predicted octanol–water partition coefficient (Wildman–Crippen LogP) is 7.84. The lowest BCUT2D eigenvalue weighted by molar-refractivity contribution is -0.162. The number of anilines is 2. The summed E-state index contributed by atoms with van der Waals surface area (Å²) in [5, 5.41) is 16.9. The lowest BCUT2D eigenvalue weighted by atomic mass is 9.47. The molecular formula is C54H72N6O7. The highest BCUT2D eigenvalue weighted by Gasteiger charge is 2.64. The molecule has 0 saturated heterocycles. The van der Waals surface area contributed by atoms with Crippen LogP contribution in [0.15, 0.2) is 73.4 Å². The highest BCUT2D eigenvalue weighted by atomic mass is 16.5. The molecule has 4 amide bonds. The molecule has 0 bridgehead atoms. The number of carbonyl (C=O) groups excluding carboxylic acids is 5. The summed E-state index contributed by atoms with van der Waals surface area (Å²) in [6.45, 7) is 10.7. The minimum Gasteiger partial charge on any atom is -0.452 e. The van der Waals surface area contributed by atoms with Crippen LogP contribution >= 0.6 is 0 Å². The monoisotopic (exact) mass is 917 g/mol. The number of nitrogens with zero attached hydrogens (tertiary/aromatic N) is 4. The van der Waals surface area contributed by atoms with E-state index in [1.165, 1.54) is 6.92 Å². The Kier molecular flexibility index (Phi) is 12.6. The van der Waals surface area contributed by atoms with Gasteiger partial charge in [0.2, 0.25) is 11.8 Å². The van der Waals surface area contributed by atoms with E-state index in [2.05, 4.69) is 60.4 Å². The second kappa shape index (κ2) is 17.9. The summed E-state index contributed by atoms with van der Waals surface area (Å²) in [6.07, 6.45) is 24.9. The Morgan fingerprint density at radius 2 is 1.12 bits per heavy atom. The van der Waals surface area contributed by atoms with Crippen LogP contribution in [0, 0.1) is 69.0 Å². The number of carbonyl (C=O) groups is 5. The number of fused-ring (bicyclic) bond motifs is 10. The van der Waals surface area contributed by atoms with Crippen LogP contribution in [-0.4, -0.2) is 92.9 Å². The third kappa shape index (κ3) is 8.02. The molecule has 10 rings (SSSR count). The number of esters is 1. The largest absolute Gasteiger partial charge is 0.452 e. The number of aliphatic hydroxyl groups is 1. The van der Waals surface area contributed by atoms with Crippen LogP contribution in [-0.2, 0) is 28.7 Å². The van der Waals surface area contributed by atoms with Gasteiger partial charge in [0, 0.05) is 62.2 Å². The molecule has 8 aliphatic rings. The van der Waals surface area contributed by atoms with Crippen LogP contribution in [0.2, 0.25) is 0 Å². The van der Waals surface area contributed by atoms with Gasteiger partial charge in [0.1, 0.15) is 6.10 Å². The summed E-state index contributed by atoms with van der Waals surface area (Å²) in [6, 6.07) is 7.66. The maximum atomic E-state index is 13.4. The van der Waals surface area contributed by atoms with Gasteiger partial charge >= 0.3 is 5.97 Å². The van der Waals surface area contributed by atoms with E-state index in [-0.39, 0.29) is 69.2 Å². The maximum absolute atomic E-state index is 13.4. The summed E-state index contributed by atoms with van der Waals surface area (Å²) in [7, 11) is 3.89. The fourth-order valence-electron chi connectivity index (χ4n) is 16.6. The van der Waals surface area contributed by atoms with E-state index >= 15 is 0 Å². The molecule has 6 unspecified atom stereocenters. The van der Waals surface area contributed by atoms with Gasteiger partial charge in [-0.3, -0.25) is 33.9 Å². The minimum absolute atomic E-state index is 0.0152. The van der Waals surface area contributed by atoms with Gasteiger partial charge in [-0.05, 0) is 166 Å². The molecule has 6 fully saturated rings. The first-order chi connectivity index (χ1) is 31.9. The van der Waals surface area contributed by atoms with Crippen molar-refractivity contribution in [2.24, 2.45) is 69.0 Å². The van der Waals surface area contributed by atoms with Crippen molar-refractivity contribution in [3.63, 3.8) is 0 Å². The Labute approximate surface area is 396 Å². The lowest BCUT2D eigenvalue weighted by Gasteiger charge is -2.60. The zero-order valence-corrected chi connectivity index (χ0v) is 40.5. The second-order valence-electron chi connectivity index (χ2n) is 22.6. The Morgan fingerprint density at radius 1 is 0.657 bits per heavy atom. The van der Waals surface area contributed by atoms with Gasteiger partial charge in [0.05, 0.1) is 23.8 Å². The fourth-order valence-corrected chi connectivity index (χ4v) is 16.6.